The molecule has 1 saturated carbocycles. The first-order valence-corrected chi connectivity index (χ1v) is 8.31. The number of hydrogen-bond acceptors (Lipinski definition) is 3. The molecule has 0 heterocycles. The summed E-state index contributed by atoms with van der Waals surface area (Å²) in [7, 11) is 0. The highest BCUT2D eigenvalue weighted by atomic mass is 35.5. The van der Waals surface area contributed by atoms with Crippen LogP contribution in [0.3, 0.4) is 0 Å². The Morgan fingerprint density at radius 1 is 1.29 bits per heavy atom. The molecule has 1 aliphatic carbocycles. The van der Waals surface area contributed by atoms with Gasteiger partial charge in [-0.2, -0.15) is 0 Å². The van der Waals surface area contributed by atoms with Crippen molar-refractivity contribution >= 4 is 11.6 Å². The van der Waals surface area contributed by atoms with E-state index in [0.717, 1.165) is 43.7 Å². The average molecular weight is 312 g/mol. The quantitative estimate of drug-likeness (QED) is 0.788. The SMILES string of the molecule is CCCNC1CC(Oc2cc(Cl)ccc2C)C1OCCC. The molecule has 0 aromatic heterocycles. The topological polar surface area (TPSA) is 30.5 Å². The van der Waals surface area contributed by atoms with Gasteiger partial charge in [-0.3, -0.25) is 0 Å². The molecule has 1 fully saturated rings. The summed E-state index contributed by atoms with van der Waals surface area (Å²) in [5.41, 5.74) is 1.11. The van der Waals surface area contributed by atoms with Gasteiger partial charge in [0.05, 0.1) is 0 Å². The van der Waals surface area contributed by atoms with Gasteiger partial charge in [0.2, 0.25) is 0 Å². The highest BCUT2D eigenvalue weighted by Gasteiger charge is 2.43. The minimum atomic E-state index is 0.114. The van der Waals surface area contributed by atoms with E-state index < -0.39 is 0 Å². The van der Waals surface area contributed by atoms with Crippen molar-refractivity contribution in [3.63, 3.8) is 0 Å². The number of aryl methyl sites for hydroxylation is 1. The zero-order chi connectivity index (χ0) is 15.2. The fourth-order valence-corrected chi connectivity index (χ4v) is 2.73. The number of benzene rings is 1. The molecule has 3 atom stereocenters. The maximum atomic E-state index is 6.13. The molecule has 3 nitrogen and oxygen atoms in total. The van der Waals surface area contributed by atoms with E-state index >= 15 is 0 Å². The third-order valence-corrected chi connectivity index (χ3v) is 4.08. The third-order valence-electron chi connectivity index (χ3n) is 3.85. The standard InChI is InChI=1S/C17H26ClNO2/c1-4-8-19-14-11-16(17(14)20-9-5-2)21-15-10-13(18)7-6-12(15)3/h6-7,10,14,16-17,19H,4-5,8-9,11H2,1-3H3. The molecule has 0 amide bonds. The summed E-state index contributed by atoms with van der Waals surface area (Å²) in [5.74, 6) is 0.867. The van der Waals surface area contributed by atoms with Crippen LogP contribution < -0.4 is 10.1 Å². The molecule has 0 radical (unpaired) electrons. The number of ether oxygens (including phenoxy) is 2. The van der Waals surface area contributed by atoms with Gasteiger partial charge < -0.3 is 14.8 Å². The summed E-state index contributed by atoms with van der Waals surface area (Å²) in [5, 5.41) is 4.25. The Hall–Kier alpha value is -0.770. The van der Waals surface area contributed by atoms with Gasteiger partial charge in [-0.05, 0) is 44.0 Å². The van der Waals surface area contributed by atoms with Crippen molar-refractivity contribution in [3.05, 3.63) is 28.8 Å². The van der Waals surface area contributed by atoms with Crippen molar-refractivity contribution in [3.8, 4) is 5.75 Å². The summed E-state index contributed by atoms with van der Waals surface area (Å²) >= 11 is 6.06. The number of rotatable bonds is 8. The second-order valence-electron chi connectivity index (χ2n) is 5.70. The van der Waals surface area contributed by atoms with Crippen molar-refractivity contribution in [2.24, 2.45) is 0 Å². The van der Waals surface area contributed by atoms with Crippen LogP contribution in [0.25, 0.3) is 0 Å². The molecule has 0 aliphatic heterocycles. The molecule has 0 spiro atoms. The highest BCUT2D eigenvalue weighted by Crippen LogP contribution is 2.32. The minimum Gasteiger partial charge on any atom is -0.487 e. The summed E-state index contributed by atoms with van der Waals surface area (Å²) < 4.78 is 12.1. The molecule has 21 heavy (non-hydrogen) atoms. The van der Waals surface area contributed by atoms with Gasteiger partial charge in [0.1, 0.15) is 18.0 Å². The van der Waals surface area contributed by atoms with Gasteiger partial charge in [0.25, 0.3) is 0 Å². The molecule has 1 aromatic rings. The van der Waals surface area contributed by atoms with Gasteiger partial charge in [-0.15, -0.1) is 0 Å². The van der Waals surface area contributed by atoms with Crippen LogP contribution in [0.2, 0.25) is 5.02 Å². The van der Waals surface area contributed by atoms with E-state index in [1.165, 1.54) is 0 Å². The Balaban J connectivity index is 1.96. The molecule has 118 valence electrons. The Bertz CT molecular complexity index is 452. The second kappa shape index (κ2) is 8.02. The van der Waals surface area contributed by atoms with Crippen LogP contribution in [-0.2, 0) is 4.74 Å². The smallest absolute Gasteiger partial charge is 0.128 e. The van der Waals surface area contributed by atoms with Crippen molar-refractivity contribution in [1.29, 1.82) is 0 Å². The number of nitrogens with one attached hydrogen (secondary N) is 1. The molecule has 1 aromatic carbocycles. The van der Waals surface area contributed by atoms with Gasteiger partial charge >= 0.3 is 0 Å². The van der Waals surface area contributed by atoms with Crippen molar-refractivity contribution in [2.75, 3.05) is 13.2 Å². The van der Waals surface area contributed by atoms with Crippen LogP contribution in [-0.4, -0.2) is 31.4 Å². The van der Waals surface area contributed by atoms with Gasteiger partial charge in [-0.25, -0.2) is 0 Å². The van der Waals surface area contributed by atoms with Crippen LogP contribution >= 0.6 is 11.6 Å². The zero-order valence-electron chi connectivity index (χ0n) is 13.2. The van der Waals surface area contributed by atoms with Crippen LogP contribution in [0, 0.1) is 6.92 Å². The molecule has 2 rings (SSSR count). The van der Waals surface area contributed by atoms with E-state index in [0.29, 0.717) is 11.1 Å². The van der Waals surface area contributed by atoms with Gasteiger partial charge in [0, 0.05) is 24.1 Å². The maximum Gasteiger partial charge on any atom is 0.128 e. The van der Waals surface area contributed by atoms with Crippen LogP contribution in [0.4, 0.5) is 0 Å². The Kier molecular flexibility index (Phi) is 6.34. The first kappa shape index (κ1) is 16.6. The fourth-order valence-electron chi connectivity index (χ4n) is 2.57. The molecule has 0 bridgehead atoms. The molecular formula is C17H26ClNO2. The highest BCUT2D eigenvalue weighted by molar-refractivity contribution is 6.30. The van der Waals surface area contributed by atoms with Crippen LogP contribution in [0.1, 0.15) is 38.7 Å². The Morgan fingerprint density at radius 2 is 2.10 bits per heavy atom. The van der Waals surface area contributed by atoms with E-state index in [9.17, 15) is 0 Å². The predicted molar refractivity (Wildman–Crippen MR) is 87.3 cm³/mol. The van der Waals surface area contributed by atoms with Crippen LogP contribution in [0.5, 0.6) is 5.75 Å². The van der Waals surface area contributed by atoms with Gasteiger partial charge in [-0.1, -0.05) is 31.5 Å². The molecular weight excluding hydrogens is 286 g/mol. The summed E-state index contributed by atoms with van der Waals surface area (Å²) in [4.78, 5) is 0. The van der Waals surface area contributed by atoms with Crippen molar-refractivity contribution < 1.29 is 9.47 Å². The first-order chi connectivity index (χ1) is 10.2. The van der Waals surface area contributed by atoms with Gasteiger partial charge in [0.15, 0.2) is 0 Å². The Morgan fingerprint density at radius 3 is 2.81 bits per heavy atom. The second-order valence-corrected chi connectivity index (χ2v) is 6.13. The summed E-state index contributed by atoms with van der Waals surface area (Å²) in [6.07, 6.45) is 3.40. The lowest BCUT2D eigenvalue weighted by Gasteiger charge is -2.44. The third kappa shape index (κ3) is 4.35. The fraction of sp³-hybridized carbons (Fsp3) is 0.647. The van der Waals surface area contributed by atoms with E-state index in [1.807, 2.05) is 25.1 Å². The predicted octanol–water partition coefficient (Wildman–Crippen LogP) is 3.96. The molecule has 4 heteroatoms. The summed E-state index contributed by atoms with van der Waals surface area (Å²) in [6.45, 7) is 8.16. The van der Waals surface area contributed by atoms with Crippen molar-refractivity contribution in [2.45, 2.75) is 58.3 Å². The van der Waals surface area contributed by atoms with E-state index in [2.05, 4.69) is 19.2 Å². The molecule has 0 saturated heterocycles. The monoisotopic (exact) mass is 311 g/mol. The Labute approximate surface area is 133 Å². The normalized spacial score (nSPS) is 24.7. The number of hydrogen-bond donors (Lipinski definition) is 1. The lowest BCUT2D eigenvalue weighted by atomic mass is 9.85. The number of halogens is 1. The lowest BCUT2D eigenvalue weighted by Crippen LogP contribution is -2.61. The molecule has 1 N–H and O–H groups in total. The summed E-state index contributed by atoms with van der Waals surface area (Å²) in [6, 6.07) is 6.17. The van der Waals surface area contributed by atoms with E-state index in [1.54, 1.807) is 0 Å². The first-order valence-electron chi connectivity index (χ1n) is 7.93. The van der Waals surface area contributed by atoms with Crippen molar-refractivity contribution in [1.82, 2.24) is 5.32 Å². The molecule has 1 aliphatic rings. The largest absolute Gasteiger partial charge is 0.487 e. The zero-order valence-corrected chi connectivity index (χ0v) is 14.0. The molecule has 3 unspecified atom stereocenters. The van der Waals surface area contributed by atoms with Crippen LogP contribution in [0.15, 0.2) is 18.2 Å². The van der Waals surface area contributed by atoms with E-state index in [4.69, 9.17) is 21.1 Å². The average Bonchev–Trinajstić information content (AvgIpc) is 2.46. The minimum absolute atomic E-state index is 0.114. The maximum absolute atomic E-state index is 6.13. The lowest BCUT2D eigenvalue weighted by molar-refractivity contribution is -0.108. The van der Waals surface area contributed by atoms with E-state index in [-0.39, 0.29) is 12.2 Å².